The van der Waals surface area contributed by atoms with Crippen LogP contribution >= 0.6 is 11.6 Å². The molecular weight excluding hydrogens is 498 g/mol. The number of amides is 2. The maximum Gasteiger partial charge on any atom is 0.243 e. The first-order valence-corrected chi connectivity index (χ1v) is 13.6. The van der Waals surface area contributed by atoms with Gasteiger partial charge in [0.2, 0.25) is 21.8 Å². The Bertz CT molecular complexity index is 1330. The van der Waals surface area contributed by atoms with Crippen molar-refractivity contribution in [3.8, 4) is 0 Å². The summed E-state index contributed by atoms with van der Waals surface area (Å²) >= 11 is 5.99. The lowest BCUT2D eigenvalue weighted by atomic mass is 10.1. The third kappa shape index (κ3) is 6.84. The van der Waals surface area contributed by atoms with Gasteiger partial charge in [0.15, 0.2) is 0 Å². The predicted molar refractivity (Wildman–Crippen MR) is 143 cm³/mol. The molecule has 1 N–H and O–H groups in total. The van der Waals surface area contributed by atoms with Gasteiger partial charge in [-0.2, -0.15) is 4.31 Å². The van der Waals surface area contributed by atoms with Crippen LogP contribution in [-0.2, 0) is 26.2 Å². The average molecular weight is 530 g/mol. The summed E-state index contributed by atoms with van der Waals surface area (Å²) in [5.41, 5.74) is 0.774. The minimum absolute atomic E-state index is 0.100. The number of carbonyl (C=O) groups excluding carboxylic acids is 2. The third-order valence-electron chi connectivity index (χ3n) is 5.91. The number of rotatable bonds is 10. The van der Waals surface area contributed by atoms with E-state index in [1.54, 1.807) is 43.3 Å². The number of halogens is 1. The normalized spacial score (nSPS) is 12.6. The van der Waals surface area contributed by atoms with E-state index in [1.165, 1.54) is 18.0 Å². The molecule has 0 spiro atoms. The molecule has 0 aromatic heterocycles. The van der Waals surface area contributed by atoms with Crippen molar-refractivity contribution in [2.24, 2.45) is 5.92 Å². The number of sulfonamides is 1. The highest BCUT2D eigenvalue weighted by molar-refractivity contribution is 7.89. The first-order chi connectivity index (χ1) is 17.0. The highest BCUT2D eigenvalue weighted by Gasteiger charge is 2.30. The molecule has 7 nitrogen and oxygen atoms in total. The van der Waals surface area contributed by atoms with E-state index in [0.29, 0.717) is 11.6 Å². The Hall–Kier alpha value is -2.94. The van der Waals surface area contributed by atoms with Crippen LogP contribution in [0.2, 0.25) is 5.02 Å². The molecule has 0 heterocycles. The molecule has 36 heavy (non-hydrogen) atoms. The fraction of sp³-hybridized carbons (Fsp3) is 0.333. The molecule has 3 aromatic rings. The zero-order chi connectivity index (χ0) is 26.5. The van der Waals surface area contributed by atoms with Gasteiger partial charge in [0.05, 0.1) is 11.4 Å². The largest absolute Gasteiger partial charge is 0.354 e. The van der Waals surface area contributed by atoms with Crippen molar-refractivity contribution < 1.29 is 18.0 Å². The molecular formula is C27H32ClN3O4S. The summed E-state index contributed by atoms with van der Waals surface area (Å²) in [6.07, 6.45) is 0. The molecule has 0 aliphatic heterocycles. The molecule has 3 aromatic carbocycles. The first-order valence-electron chi connectivity index (χ1n) is 11.8. The summed E-state index contributed by atoms with van der Waals surface area (Å²) in [7, 11) is -2.57. The minimum atomic E-state index is -3.94. The molecule has 9 heteroatoms. The average Bonchev–Trinajstić information content (AvgIpc) is 2.85. The zero-order valence-electron chi connectivity index (χ0n) is 20.9. The molecule has 0 fully saturated rings. The highest BCUT2D eigenvalue weighted by Crippen LogP contribution is 2.22. The lowest BCUT2D eigenvalue weighted by Gasteiger charge is -2.30. The Morgan fingerprint density at radius 3 is 2.22 bits per heavy atom. The number of hydrogen-bond acceptors (Lipinski definition) is 4. The molecule has 0 aliphatic carbocycles. The van der Waals surface area contributed by atoms with Gasteiger partial charge in [-0.25, -0.2) is 8.42 Å². The van der Waals surface area contributed by atoms with Crippen molar-refractivity contribution >= 4 is 44.2 Å². The molecule has 0 saturated carbocycles. The summed E-state index contributed by atoms with van der Waals surface area (Å²) in [5.74, 6) is -0.533. The molecule has 0 radical (unpaired) electrons. The fourth-order valence-electron chi connectivity index (χ4n) is 3.70. The SMILES string of the molecule is CC(C)CNC(=O)[C@@H](C)N(Cc1ccc(Cl)cc1)C(=O)CN(C)S(=O)(=O)c1ccc2ccccc2c1. The summed E-state index contributed by atoms with van der Waals surface area (Å²) in [4.78, 5) is 27.7. The molecule has 192 valence electrons. The van der Waals surface area contributed by atoms with Crippen LogP contribution in [-0.4, -0.2) is 55.6 Å². The molecule has 0 saturated heterocycles. The van der Waals surface area contributed by atoms with Crippen molar-refractivity contribution in [1.82, 2.24) is 14.5 Å². The highest BCUT2D eigenvalue weighted by atomic mass is 35.5. The summed E-state index contributed by atoms with van der Waals surface area (Å²) in [6.45, 7) is 5.80. The molecule has 0 aliphatic rings. The van der Waals surface area contributed by atoms with Crippen LogP contribution in [0.3, 0.4) is 0 Å². The van der Waals surface area contributed by atoms with E-state index in [0.717, 1.165) is 20.6 Å². The quantitative estimate of drug-likeness (QED) is 0.424. The van der Waals surface area contributed by atoms with Crippen LogP contribution in [0.4, 0.5) is 0 Å². The second-order valence-corrected chi connectivity index (χ2v) is 11.7. The van der Waals surface area contributed by atoms with Crippen LogP contribution in [0.25, 0.3) is 10.8 Å². The maximum absolute atomic E-state index is 13.4. The molecule has 0 unspecified atom stereocenters. The van der Waals surface area contributed by atoms with Crippen molar-refractivity contribution in [3.63, 3.8) is 0 Å². The van der Waals surface area contributed by atoms with E-state index < -0.39 is 28.5 Å². The Balaban J connectivity index is 1.83. The van der Waals surface area contributed by atoms with E-state index in [9.17, 15) is 18.0 Å². The molecule has 3 rings (SSSR count). The van der Waals surface area contributed by atoms with E-state index in [4.69, 9.17) is 11.6 Å². The molecule has 2 amide bonds. The standard InChI is InChI=1S/C27H32ClN3O4S/c1-19(2)16-29-27(33)20(3)31(17-21-9-12-24(28)13-10-21)26(32)18-30(4)36(34,35)25-14-11-22-7-5-6-8-23(22)15-25/h5-15,19-20H,16-18H2,1-4H3,(H,29,33)/t20-/m1/s1. The molecule has 0 bridgehead atoms. The topological polar surface area (TPSA) is 86.8 Å². The van der Waals surface area contributed by atoms with Crippen LogP contribution in [0.5, 0.6) is 0 Å². The lowest BCUT2D eigenvalue weighted by Crippen LogP contribution is -2.51. The minimum Gasteiger partial charge on any atom is -0.354 e. The summed E-state index contributed by atoms with van der Waals surface area (Å²) < 4.78 is 27.6. The first kappa shape index (κ1) is 27.6. The molecule has 1 atom stereocenters. The monoisotopic (exact) mass is 529 g/mol. The van der Waals surface area contributed by atoms with E-state index in [-0.39, 0.29) is 23.3 Å². The number of carbonyl (C=O) groups is 2. The number of nitrogens with one attached hydrogen (secondary N) is 1. The Kier molecular flexibility index (Phi) is 9.11. The van der Waals surface area contributed by atoms with Crippen molar-refractivity contribution in [3.05, 3.63) is 77.3 Å². The van der Waals surface area contributed by atoms with Gasteiger partial charge in [-0.1, -0.05) is 67.9 Å². The summed E-state index contributed by atoms with van der Waals surface area (Å²) in [5, 5.41) is 5.12. The third-order valence-corrected chi connectivity index (χ3v) is 7.96. The number of likely N-dealkylation sites (N-methyl/N-ethyl adjacent to an activating group) is 1. The predicted octanol–water partition coefficient (Wildman–Crippen LogP) is 4.30. The van der Waals surface area contributed by atoms with E-state index in [2.05, 4.69) is 5.32 Å². The Morgan fingerprint density at radius 2 is 1.58 bits per heavy atom. The van der Waals surface area contributed by atoms with Gasteiger partial charge in [-0.05, 0) is 53.4 Å². The maximum atomic E-state index is 13.4. The van der Waals surface area contributed by atoms with Crippen molar-refractivity contribution in [2.75, 3.05) is 20.1 Å². The fourth-order valence-corrected chi connectivity index (χ4v) is 4.98. The Labute approximate surface area is 218 Å². The Morgan fingerprint density at radius 1 is 0.944 bits per heavy atom. The van der Waals surface area contributed by atoms with E-state index in [1.807, 2.05) is 38.1 Å². The van der Waals surface area contributed by atoms with Gasteiger partial charge >= 0.3 is 0 Å². The number of nitrogens with zero attached hydrogens (tertiary/aromatic N) is 2. The van der Waals surface area contributed by atoms with Crippen molar-refractivity contribution in [2.45, 2.75) is 38.3 Å². The second-order valence-electron chi connectivity index (χ2n) is 9.23. The van der Waals surface area contributed by atoms with Gasteiger partial charge in [0.1, 0.15) is 6.04 Å². The van der Waals surface area contributed by atoms with Crippen LogP contribution in [0, 0.1) is 5.92 Å². The van der Waals surface area contributed by atoms with Crippen LogP contribution in [0.15, 0.2) is 71.6 Å². The van der Waals surface area contributed by atoms with Crippen molar-refractivity contribution in [1.29, 1.82) is 0 Å². The zero-order valence-corrected chi connectivity index (χ0v) is 22.5. The van der Waals surface area contributed by atoms with Crippen LogP contribution in [0.1, 0.15) is 26.3 Å². The van der Waals surface area contributed by atoms with Gasteiger partial charge < -0.3 is 10.2 Å². The van der Waals surface area contributed by atoms with Crippen LogP contribution < -0.4 is 5.32 Å². The van der Waals surface area contributed by atoms with Gasteiger partial charge in [-0.3, -0.25) is 9.59 Å². The van der Waals surface area contributed by atoms with Gasteiger partial charge in [0, 0.05) is 25.2 Å². The van der Waals surface area contributed by atoms with Gasteiger partial charge in [-0.15, -0.1) is 0 Å². The van der Waals surface area contributed by atoms with Gasteiger partial charge in [0.25, 0.3) is 0 Å². The summed E-state index contributed by atoms with van der Waals surface area (Å²) in [6, 6.07) is 18.5. The number of benzene rings is 3. The number of fused-ring (bicyclic) bond motifs is 1. The second kappa shape index (κ2) is 11.9. The lowest BCUT2D eigenvalue weighted by molar-refractivity contribution is -0.140. The smallest absolute Gasteiger partial charge is 0.243 e. The number of hydrogen-bond donors (Lipinski definition) is 1. The van der Waals surface area contributed by atoms with E-state index >= 15 is 0 Å².